The van der Waals surface area contributed by atoms with E-state index in [1.165, 1.54) is 0 Å². The van der Waals surface area contributed by atoms with Gasteiger partial charge in [-0.05, 0) is 35.7 Å². The maximum atomic E-state index is 16.1. The molecule has 278 valence electrons. The van der Waals surface area contributed by atoms with Crippen LogP contribution in [0.2, 0.25) is 0 Å². The summed E-state index contributed by atoms with van der Waals surface area (Å²) in [7, 11) is -2.78. The molecule has 0 bridgehead atoms. The molecule has 55 heavy (non-hydrogen) atoms. The Hall–Kier alpha value is -6.14. The molecule has 0 aliphatic carbocycles. The van der Waals surface area contributed by atoms with Gasteiger partial charge in [0.05, 0.1) is 32.3 Å². The SMILES string of the molecule is Fc1cc(F)c2c(F)ccc(OB(Oc3c(F)c(F)c4c(F)c(F)c5c(F)c(F)c(F)c6c(F)c(F)c3c4c56)c3ccc(F)c4c(F)c(F)c(F)cc34)c2c1. The fourth-order valence-corrected chi connectivity index (χ4v) is 6.61. The van der Waals surface area contributed by atoms with Crippen LogP contribution < -0.4 is 14.8 Å². The molecule has 8 rings (SSSR count). The van der Waals surface area contributed by atoms with E-state index in [0.717, 1.165) is 0 Å². The van der Waals surface area contributed by atoms with Gasteiger partial charge in [-0.15, -0.1) is 0 Å². The summed E-state index contributed by atoms with van der Waals surface area (Å²) in [6.45, 7) is 0. The molecule has 0 unspecified atom stereocenters. The first-order valence-electron chi connectivity index (χ1n) is 15.0. The molecular formula is C36H7BF16O2. The summed E-state index contributed by atoms with van der Waals surface area (Å²) in [5, 5.41) is -14.8. The van der Waals surface area contributed by atoms with Crippen LogP contribution in [0, 0.1) is 93.1 Å². The van der Waals surface area contributed by atoms with E-state index in [9.17, 15) is 43.9 Å². The fraction of sp³-hybridized carbons (Fsp3) is 0. The van der Waals surface area contributed by atoms with Gasteiger partial charge in [-0.2, -0.15) is 4.39 Å². The molecule has 0 saturated carbocycles. The first-order valence-corrected chi connectivity index (χ1v) is 15.0. The van der Waals surface area contributed by atoms with Crippen LogP contribution in [0.1, 0.15) is 0 Å². The Morgan fingerprint density at radius 3 is 1.44 bits per heavy atom. The maximum Gasteiger partial charge on any atom is 0.633 e. The average molecular weight is 786 g/mol. The van der Waals surface area contributed by atoms with E-state index >= 15 is 26.3 Å². The standard InChI is InChI=1S/C36H7BF16O2/c38-8-5-10-16(4-3-12(39)17(10)14(41)6-8)54-37(11-1-2-13(40)18-9(11)7-15(42)25(43)26(18)44)55-36-24-20-19-21(27(45)28(46)23(20)32(50)35(36)53)30(48)34(52)31(49)22(19)29(47)33(24)51/h1-7H. The highest BCUT2D eigenvalue weighted by atomic mass is 19.2. The van der Waals surface area contributed by atoms with E-state index in [1.54, 1.807) is 0 Å². The third-order valence-corrected chi connectivity index (χ3v) is 8.95. The molecule has 2 nitrogen and oxygen atoms in total. The average Bonchev–Trinajstić information content (AvgIpc) is 3.13. The number of hydrogen-bond donors (Lipinski definition) is 0. The van der Waals surface area contributed by atoms with E-state index in [4.69, 9.17) is 9.31 Å². The van der Waals surface area contributed by atoms with E-state index < -0.39 is 171 Å². The fourth-order valence-electron chi connectivity index (χ4n) is 6.61. The molecular weight excluding hydrogens is 779 g/mol. The van der Waals surface area contributed by atoms with E-state index in [2.05, 4.69) is 0 Å². The normalized spacial score (nSPS) is 12.0. The molecule has 0 heterocycles. The van der Waals surface area contributed by atoms with Crippen LogP contribution in [0.15, 0.2) is 42.5 Å². The lowest BCUT2D eigenvalue weighted by atomic mass is 9.75. The molecule has 0 saturated heterocycles. The van der Waals surface area contributed by atoms with Crippen molar-refractivity contribution in [3.8, 4) is 11.5 Å². The highest BCUT2D eigenvalue weighted by molar-refractivity contribution is 6.66. The zero-order valence-corrected chi connectivity index (χ0v) is 26.0. The molecule has 0 atom stereocenters. The molecule has 8 aromatic rings. The van der Waals surface area contributed by atoms with Gasteiger partial charge in [0.25, 0.3) is 0 Å². The molecule has 8 aromatic carbocycles. The van der Waals surface area contributed by atoms with Crippen molar-refractivity contribution < 1.29 is 79.6 Å². The molecule has 19 heteroatoms. The summed E-state index contributed by atoms with van der Waals surface area (Å²) >= 11 is 0. The van der Waals surface area contributed by atoms with Crippen LogP contribution in [0.5, 0.6) is 11.5 Å². The van der Waals surface area contributed by atoms with Crippen LogP contribution in [0.3, 0.4) is 0 Å². The van der Waals surface area contributed by atoms with Gasteiger partial charge in [-0.1, -0.05) is 6.07 Å². The predicted octanol–water partition coefficient (Wildman–Crippen LogP) is 11.0. The Labute approximate surface area is 293 Å². The van der Waals surface area contributed by atoms with Crippen LogP contribution in [-0.2, 0) is 0 Å². The zero-order chi connectivity index (χ0) is 39.7. The summed E-state index contributed by atoms with van der Waals surface area (Å²) in [6, 6.07) is 2.90. The number of benzene rings is 8. The lowest BCUT2D eigenvalue weighted by Crippen LogP contribution is -2.44. The summed E-state index contributed by atoms with van der Waals surface area (Å²) in [6.07, 6.45) is 0. The van der Waals surface area contributed by atoms with Crippen LogP contribution >= 0.6 is 0 Å². The number of hydrogen-bond acceptors (Lipinski definition) is 2. The Bertz CT molecular complexity index is 3000. The largest absolute Gasteiger partial charge is 0.633 e. The molecule has 0 N–H and O–H groups in total. The minimum absolute atomic E-state index is 0.132. The molecule has 0 aliphatic rings. The Morgan fingerprint density at radius 1 is 0.327 bits per heavy atom. The van der Waals surface area contributed by atoms with E-state index in [1.807, 2.05) is 0 Å². The molecule has 0 fully saturated rings. The highest BCUT2D eigenvalue weighted by Crippen LogP contribution is 2.48. The summed E-state index contributed by atoms with van der Waals surface area (Å²) < 4.78 is 252. The van der Waals surface area contributed by atoms with Crippen LogP contribution in [0.4, 0.5) is 70.2 Å². The van der Waals surface area contributed by atoms with Crippen molar-refractivity contribution in [3.05, 3.63) is 136 Å². The second kappa shape index (κ2) is 12.2. The van der Waals surface area contributed by atoms with Crippen molar-refractivity contribution in [1.82, 2.24) is 0 Å². The van der Waals surface area contributed by atoms with Gasteiger partial charge in [0.15, 0.2) is 75.6 Å². The third-order valence-electron chi connectivity index (χ3n) is 8.95. The first-order chi connectivity index (χ1) is 26.0. The van der Waals surface area contributed by atoms with Crippen LogP contribution in [0.25, 0.3) is 53.9 Å². The maximum absolute atomic E-state index is 16.1. The van der Waals surface area contributed by atoms with E-state index in [-0.39, 0.29) is 12.1 Å². The third kappa shape index (κ3) is 4.86. The molecule has 0 aromatic heterocycles. The topological polar surface area (TPSA) is 18.5 Å². The minimum Gasteiger partial charge on any atom is -0.521 e. The summed E-state index contributed by atoms with van der Waals surface area (Å²) in [4.78, 5) is 0. The first kappa shape index (κ1) is 35.9. The zero-order valence-electron chi connectivity index (χ0n) is 26.0. The smallest absolute Gasteiger partial charge is 0.521 e. The molecule has 0 amide bonds. The second-order valence-electron chi connectivity index (χ2n) is 11.9. The van der Waals surface area contributed by atoms with Gasteiger partial charge in [0.2, 0.25) is 0 Å². The van der Waals surface area contributed by atoms with Crippen molar-refractivity contribution in [2.24, 2.45) is 0 Å². The van der Waals surface area contributed by atoms with Crippen LogP contribution in [-0.4, -0.2) is 7.12 Å². The van der Waals surface area contributed by atoms with Crippen molar-refractivity contribution in [2.75, 3.05) is 0 Å². The van der Waals surface area contributed by atoms with Gasteiger partial charge in [0, 0.05) is 27.7 Å². The Balaban J connectivity index is 1.50. The van der Waals surface area contributed by atoms with Gasteiger partial charge in [-0.25, -0.2) is 65.9 Å². The lowest BCUT2D eigenvalue weighted by molar-refractivity contribution is 0.408. The molecule has 0 aliphatic heterocycles. The summed E-state index contributed by atoms with van der Waals surface area (Å²) in [5.41, 5.74) is -0.939. The Kier molecular flexibility index (Phi) is 7.95. The van der Waals surface area contributed by atoms with Crippen molar-refractivity contribution in [1.29, 1.82) is 0 Å². The summed E-state index contributed by atoms with van der Waals surface area (Å²) in [5.74, 6) is -37.8. The monoisotopic (exact) mass is 786 g/mol. The van der Waals surface area contributed by atoms with Gasteiger partial charge >= 0.3 is 7.12 Å². The molecule has 0 spiro atoms. The number of halogens is 16. The number of rotatable bonds is 5. The number of fused-ring (bicyclic) bond motifs is 2. The second-order valence-corrected chi connectivity index (χ2v) is 11.9. The van der Waals surface area contributed by atoms with Gasteiger partial charge < -0.3 is 9.31 Å². The highest BCUT2D eigenvalue weighted by Gasteiger charge is 2.39. The quantitative estimate of drug-likeness (QED) is 0.0749. The predicted molar refractivity (Wildman–Crippen MR) is 164 cm³/mol. The minimum atomic E-state index is -2.78. The van der Waals surface area contributed by atoms with Crippen molar-refractivity contribution in [3.63, 3.8) is 0 Å². The Morgan fingerprint density at radius 2 is 0.818 bits per heavy atom. The molecule has 0 radical (unpaired) electrons. The van der Waals surface area contributed by atoms with Gasteiger partial charge in [0.1, 0.15) is 29.0 Å². The van der Waals surface area contributed by atoms with Crippen molar-refractivity contribution in [2.45, 2.75) is 0 Å². The van der Waals surface area contributed by atoms with Crippen molar-refractivity contribution >= 4 is 66.4 Å². The van der Waals surface area contributed by atoms with E-state index in [0.29, 0.717) is 30.3 Å². The lowest BCUT2D eigenvalue weighted by Gasteiger charge is -2.23. The van der Waals surface area contributed by atoms with Gasteiger partial charge in [-0.3, -0.25) is 0 Å².